The molecule has 1 N–H and O–H groups in total. The Morgan fingerprint density at radius 3 is 2.89 bits per heavy atom. The molecule has 2 rings (SSSR count). The van der Waals surface area contributed by atoms with Crippen LogP contribution in [0.25, 0.3) is 11.5 Å². The van der Waals surface area contributed by atoms with Crippen LogP contribution in [0.5, 0.6) is 5.75 Å². The molecule has 8 nitrogen and oxygen atoms in total. The predicted octanol–water partition coefficient (Wildman–Crippen LogP) is 1.15. The number of aromatic nitrogens is 2. The first-order chi connectivity index (χ1) is 8.65. The second kappa shape index (κ2) is 4.80. The Morgan fingerprint density at radius 2 is 2.33 bits per heavy atom. The van der Waals surface area contributed by atoms with Crippen molar-refractivity contribution in [2.45, 2.75) is 6.61 Å². The molecule has 0 bridgehead atoms. The number of hydrogen-bond acceptors (Lipinski definition) is 7. The van der Waals surface area contributed by atoms with Gasteiger partial charge in [0.1, 0.15) is 6.61 Å². The lowest BCUT2D eigenvalue weighted by atomic mass is 10.2. The molecule has 0 aliphatic carbocycles. The Labute approximate surface area is 101 Å². The lowest BCUT2D eigenvalue weighted by Gasteiger charge is -2.02. The minimum absolute atomic E-state index is 0.0984. The van der Waals surface area contributed by atoms with E-state index in [9.17, 15) is 10.1 Å². The summed E-state index contributed by atoms with van der Waals surface area (Å²) in [5.41, 5.74) is 0.327. The summed E-state index contributed by atoms with van der Waals surface area (Å²) in [4.78, 5) is 14.1. The van der Waals surface area contributed by atoms with Gasteiger partial charge in [-0.2, -0.15) is 4.98 Å². The van der Waals surface area contributed by atoms with Crippen LogP contribution in [-0.2, 0) is 6.61 Å². The summed E-state index contributed by atoms with van der Waals surface area (Å²) in [6, 6.07) is 4.18. The molecule has 2 aromatic rings. The monoisotopic (exact) mass is 251 g/mol. The van der Waals surface area contributed by atoms with E-state index in [1.54, 1.807) is 0 Å². The van der Waals surface area contributed by atoms with Gasteiger partial charge >= 0.3 is 5.69 Å². The van der Waals surface area contributed by atoms with E-state index in [4.69, 9.17) is 14.4 Å². The summed E-state index contributed by atoms with van der Waals surface area (Å²) in [5, 5.41) is 23.0. The van der Waals surface area contributed by atoms with E-state index in [2.05, 4.69) is 10.1 Å². The Balaban J connectivity index is 2.43. The van der Waals surface area contributed by atoms with Crippen molar-refractivity contribution in [1.82, 2.24) is 10.1 Å². The highest BCUT2D eigenvalue weighted by Gasteiger charge is 2.17. The van der Waals surface area contributed by atoms with Crippen LogP contribution in [0, 0.1) is 10.1 Å². The van der Waals surface area contributed by atoms with Gasteiger partial charge in [-0.15, -0.1) is 0 Å². The summed E-state index contributed by atoms with van der Waals surface area (Å²) >= 11 is 0. The number of rotatable bonds is 4. The molecule has 0 unspecified atom stereocenters. The highest BCUT2D eigenvalue weighted by molar-refractivity contribution is 5.61. The molecule has 0 fully saturated rings. The quantitative estimate of drug-likeness (QED) is 0.640. The molecule has 8 heteroatoms. The van der Waals surface area contributed by atoms with E-state index in [-0.39, 0.29) is 29.8 Å². The maximum Gasteiger partial charge on any atom is 0.310 e. The standard InChI is InChI=1S/C10H9N3O5/c1-17-8-4-6(2-3-7(8)13(15)16)10-11-9(5-14)12-18-10/h2-4,14H,5H2,1H3. The first-order valence-corrected chi connectivity index (χ1v) is 4.92. The van der Waals surface area contributed by atoms with Crippen molar-refractivity contribution in [3.63, 3.8) is 0 Å². The van der Waals surface area contributed by atoms with Gasteiger partial charge in [-0.3, -0.25) is 10.1 Å². The van der Waals surface area contributed by atoms with Crippen LogP contribution in [0.3, 0.4) is 0 Å². The van der Waals surface area contributed by atoms with Crippen molar-refractivity contribution < 1.29 is 19.3 Å². The fraction of sp³-hybridized carbons (Fsp3) is 0.200. The normalized spacial score (nSPS) is 10.3. The van der Waals surface area contributed by atoms with Crippen molar-refractivity contribution in [2.24, 2.45) is 0 Å². The number of nitrogens with zero attached hydrogens (tertiary/aromatic N) is 3. The SMILES string of the molecule is COc1cc(-c2nc(CO)no2)ccc1[N+](=O)[O-]. The lowest BCUT2D eigenvalue weighted by Crippen LogP contribution is -1.94. The molecule has 18 heavy (non-hydrogen) atoms. The van der Waals surface area contributed by atoms with Crippen molar-refractivity contribution in [3.8, 4) is 17.2 Å². The molecule has 1 aromatic heterocycles. The number of nitro benzene ring substituents is 1. The second-order valence-corrected chi connectivity index (χ2v) is 3.32. The minimum Gasteiger partial charge on any atom is -0.490 e. The van der Waals surface area contributed by atoms with E-state index >= 15 is 0 Å². The van der Waals surface area contributed by atoms with E-state index in [1.165, 1.54) is 25.3 Å². The van der Waals surface area contributed by atoms with Gasteiger partial charge in [-0.25, -0.2) is 0 Å². The van der Waals surface area contributed by atoms with Crippen molar-refractivity contribution in [2.75, 3.05) is 7.11 Å². The molecule has 0 radical (unpaired) electrons. The van der Waals surface area contributed by atoms with Gasteiger partial charge in [-0.05, 0) is 6.07 Å². The Hall–Kier alpha value is -2.48. The van der Waals surface area contributed by atoms with Crippen LogP contribution in [-0.4, -0.2) is 27.3 Å². The molecule has 94 valence electrons. The number of aliphatic hydroxyl groups excluding tert-OH is 1. The van der Waals surface area contributed by atoms with Crippen molar-refractivity contribution >= 4 is 5.69 Å². The van der Waals surface area contributed by atoms with Gasteiger partial charge in [0, 0.05) is 17.7 Å². The van der Waals surface area contributed by atoms with Gasteiger partial charge in [0.25, 0.3) is 5.89 Å². The average molecular weight is 251 g/mol. The minimum atomic E-state index is -0.546. The third kappa shape index (κ3) is 2.13. The predicted molar refractivity (Wildman–Crippen MR) is 58.9 cm³/mol. The van der Waals surface area contributed by atoms with E-state index in [1.807, 2.05) is 0 Å². The van der Waals surface area contributed by atoms with Gasteiger partial charge in [-0.1, -0.05) is 5.16 Å². The largest absolute Gasteiger partial charge is 0.490 e. The van der Waals surface area contributed by atoms with Crippen LogP contribution in [0.1, 0.15) is 5.82 Å². The van der Waals surface area contributed by atoms with Gasteiger partial charge in [0.05, 0.1) is 12.0 Å². The molecule has 0 spiro atoms. The van der Waals surface area contributed by atoms with Crippen LogP contribution in [0.15, 0.2) is 22.7 Å². The second-order valence-electron chi connectivity index (χ2n) is 3.32. The van der Waals surface area contributed by atoms with Crippen molar-refractivity contribution in [1.29, 1.82) is 0 Å². The van der Waals surface area contributed by atoms with E-state index in [0.29, 0.717) is 5.56 Å². The number of hydrogen-bond donors (Lipinski definition) is 1. The molecule has 0 aliphatic heterocycles. The Morgan fingerprint density at radius 1 is 1.56 bits per heavy atom. The summed E-state index contributed by atoms with van der Waals surface area (Å²) in [6.45, 7) is -0.340. The zero-order valence-corrected chi connectivity index (χ0v) is 9.36. The van der Waals surface area contributed by atoms with Crippen LogP contribution >= 0.6 is 0 Å². The number of ether oxygens (including phenoxy) is 1. The highest BCUT2D eigenvalue weighted by Crippen LogP contribution is 2.31. The van der Waals surface area contributed by atoms with E-state index in [0.717, 1.165) is 0 Å². The number of methoxy groups -OCH3 is 1. The van der Waals surface area contributed by atoms with Gasteiger partial charge < -0.3 is 14.4 Å². The lowest BCUT2D eigenvalue weighted by molar-refractivity contribution is -0.385. The number of nitro groups is 1. The Bertz CT molecular complexity index is 581. The van der Waals surface area contributed by atoms with E-state index < -0.39 is 4.92 Å². The first kappa shape index (κ1) is 12.0. The average Bonchev–Trinajstić information content (AvgIpc) is 2.86. The molecule has 0 aliphatic rings. The van der Waals surface area contributed by atoms with Crippen LogP contribution in [0.2, 0.25) is 0 Å². The zero-order valence-electron chi connectivity index (χ0n) is 9.36. The topological polar surface area (TPSA) is 112 Å². The maximum atomic E-state index is 10.7. The molecule has 1 heterocycles. The smallest absolute Gasteiger partial charge is 0.310 e. The molecule has 0 amide bonds. The third-order valence-corrected chi connectivity index (χ3v) is 2.23. The van der Waals surface area contributed by atoms with Crippen LogP contribution < -0.4 is 4.74 Å². The molecular formula is C10H9N3O5. The first-order valence-electron chi connectivity index (χ1n) is 4.92. The summed E-state index contributed by atoms with van der Waals surface area (Å²) in [5.74, 6) is 0.399. The maximum absolute atomic E-state index is 10.7. The highest BCUT2D eigenvalue weighted by atomic mass is 16.6. The van der Waals surface area contributed by atoms with Crippen molar-refractivity contribution in [3.05, 3.63) is 34.1 Å². The zero-order chi connectivity index (χ0) is 13.1. The molecule has 1 aromatic carbocycles. The molecular weight excluding hydrogens is 242 g/mol. The fourth-order valence-corrected chi connectivity index (χ4v) is 1.40. The van der Waals surface area contributed by atoms with Gasteiger partial charge in [0.15, 0.2) is 11.6 Å². The third-order valence-electron chi connectivity index (χ3n) is 2.23. The molecule has 0 saturated heterocycles. The number of aliphatic hydroxyl groups is 1. The van der Waals surface area contributed by atoms with Gasteiger partial charge in [0.2, 0.25) is 0 Å². The molecule has 0 saturated carbocycles. The Kier molecular flexibility index (Phi) is 3.20. The fourth-order valence-electron chi connectivity index (χ4n) is 1.40. The number of benzene rings is 1. The summed E-state index contributed by atoms with van der Waals surface area (Å²) in [6.07, 6.45) is 0. The summed E-state index contributed by atoms with van der Waals surface area (Å²) in [7, 11) is 1.33. The van der Waals surface area contributed by atoms with Crippen LogP contribution in [0.4, 0.5) is 5.69 Å². The summed E-state index contributed by atoms with van der Waals surface area (Å²) < 4.78 is 9.82. The molecule has 0 atom stereocenters.